The van der Waals surface area contributed by atoms with Crippen molar-refractivity contribution in [3.63, 3.8) is 0 Å². The fourth-order valence-electron chi connectivity index (χ4n) is 1.71. The Morgan fingerprint density at radius 1 is 1.15 bits per heavy atom. The molecule has 0 aliphatic heterocycles. The minimum atomic E-state index is -0.303. The van der Waals surface area contributed by atoms with E-state index in [1.165, 1.54) is 6.39 Å². The number of furan rings is 1. The smallest absolute Gasteiger partial charge is 0.291 e. The predicted octanol–water partition coefficient (Wildman–Crippen LogP) is 3.95. The molecular formula is C14H9BrN2O3. The fraction of sp³-hybridized carbons (Fsp3) is 0. The lowest BCUT2D eigenvalue weighted by molar-refractivity contribution is 0.0995. The van der Waals surface area contributed by atoms with Crippen molar-refractivity contribution in [2.45, 2.75) is 0 Å². The SMILES string of the molecule is O=C(Nc1ccc(-c2cnco2)cc1)c1ccc(Br)o1. The maximum absolute atomic E-state index is 11.9. The predicted molar refractivity (Wildman–Crippen MR) is 76.3 cm³/mol. The highest BCUT2D eigenvalue weighted by molar-refractivity contribution is 9.10. The second-order valence-corrected chi connectivity index (χ2v) is 4.78. The van der Waals surface area contributed by atoms with Gasteiger partial charge in [0.25, 0.3) is 5.91 Å². The van der Waals surface area contributed by atoms with E-state index in [1.807, 2.05) is 12.1 Å². The number of amides is 1. The first-order chi connectivity index (χ1) is 9.72. The molecule has 0 saturated carbocycles. The van der Waals surface area contributed by atoms with Gasteiger partial charge in [0.15, 0.2) is 22.6 Å². The normalized spacial score (nSPS) is 10.4. The molecule has 0 unspecified atom stereocenters. The van der Waals surface area contributed by atoms with Crippen LogP contribution in [-0.2, 0) is 0 Å². The number of rotatable bonds is 3. The third-order valence-corrected chi connectivity index (χ3v) is 3.08. The largest absolute Gasteiger partial charge is 0.444 e. The first-order valence-corrected chi connectivity index (χ1v) is 6.57. The van der Waals surface area contributed by atoms with Gasteiger partial charge in [-0.05, 0) is 52.3 Å². The van der Waals surface area contributed by atoms with E-state index in [4.69, 9.17) is 8.83 Å². The van der Waals surface area contributed by atoms with Gasteiger partial charge >= 0.3 is 0 Å². The highest BCUT2D eigenvalue weighted by Crippen LogP contribution is 2.21. The molecule has 0 aliphatic carbocycles. The van der Waals surface area contributed by atoms with E-state index in [9.17, 15) is 4.79 Å². The van der Waals surface area contributed by atoms with Gasteiger partial charge in [-0.2, -0.15) is 0 Å². The topological polar surface area (TPSA) is 68.3 Å². The molecule has 0 aliphatic rings. The van der Waals surface area contributed by atoms with Crippen molar-refractivity contribution >= 4 is 27.5 Å². The van der Waals surface area contributed by atoms with Crippen molar-refractivity contribution in [2.24, 2.45) is 0 Å². The van der Waals surface area contributed by atoms with Crippen LogP contribution in [0.25, 0.3) is 11.3 Å². The highest BCUT2D eigenvalue weighted by Gasteiger charge is 2.10. The Morgan fingerprint density at radius 3 is 2.55 bits per heavy atom. The van der Waals surface area contributed by atoms with Crippen LogP contribution in [0.1, 0.15) is 10.6 Å². The summed E-state index contributed by atoms with van der Waals surface area (Å²) in [7, 11) is 0. The van der Waals surface area contributed by atoms with E-state index in [2.05, 4.69) is 26.2 Å². The van der Waals surface area contributed by atoms with Crippen molar-refractivity contribution < 1.29 is 13.6 Å². The molecule has 6 heteroatoms. The summed E-state index contributed by atoms with van der Waals surface area (Å²) >= 11 is 3.15. The van der Waals surface area contributed by atoms with E-state index in [1.54, 1.807) is 30.5 Å². The molecule has 20 heavy (non-hydrogen) atoms. The van der Waals surface area contributed by atoms with Crippen LogP contribution in [0.3, 0.4) is 0 Å². The summed E-state index contributed by atoms with van der Waals surface area (Å²) < 4.78 is 10.9. The van der Waals surface area contributed by atoms with Gasteiger partial charge in [-0.1, -0.05) is 0 Å². The van der Waals surface area contributed by atoms with E-state index < -0.39 is 0 Å². The van der Waals surface area contributed by atoms with E-state index in [-0.39, 0.29) is 11.7 Å². The second kappa shape index (κ2) is 5.34. The van der Waals surface area contributed by atoms with Crippen molar-refractivity contribution in [1.82, 2.24) is 4.98 Å². The summed E-state index contributed by atoms with van der Waals surface area (Å²) in [5.74, 6) is 0.622. The molecule has 0 radical (unpaired) electrons. The zero-order chi connectivity index (χ0) is 13.9. The van der Waals surface area contributed by atoms with Crippen molar-refractivity contribution in [2.75, 3.05) is 5.32 Å². The summed E-state index contributed by atoms with van der Waals surface area (Å²) in [5, 5.41) is 2.74. The summed E-state index contributed by atoms with van der Waals surface area (Å²) in [5.41, 5.74) is 1.56. The third kappa shape index (κ3) is 2.65. The monoisotopic (exact) mass is 332 g/mol. The highest BCUT2D eigenvalue weighted by atomic mass is 79.9. The molecule has 0 fully saturated rings. The van der Waals surface area contributed by atoms with Crippen LogP contribution in [0.2, 0.25) is 0 Å². The average Bonchev–Trinajstić information content (AvgIpc) is 3.10. The molecule has 100 valence electrons. The summed E-state index contributed by atoms with van der Waals surface area (Å²) in [6, 6.07) is 10.5. The molecule has 0 spiro atoms. The Bertz CT molecular complexity index is 717. The second-order valence-electron chi connectivity index (χ2n) is 4.00. The number of benzene rings is 1. The maximum atomic E-state index is 11.9. The molecule has 3 rings (SSSR count). The molecule has 1 amide bonds. The molecule has 3 aromatic rings. The maximum Gasteiger partial charge on any atom is 0.291 e. The molecule has 1 aromatic carbocycles. The van der Waals surface area contributed by atoms with Gasteiger partial charge in [-0.15, -0.1) is 0 Å². The Hall–Kier alpha value is -2.34. The van der Waals surface area contributed by atoms with E-state index in [0.717, 1.165) is 5.56 Å². The molecule has 0 bridgehead atoms. The number of aromatic nitrogens is 1. The van der Waals surface area contributed by atoms with Crippen LogP contribution in [0.15, 0.2) is 62.5 Å². The molecule has 0 saturated heterocycles. The summed E-state index contributed by atoms with van der Waals surface area (Å²) in [4.78, 5) is 15.7. The quantitative estimate of drug-likeness (QED) is 0.788. The summed E-state index contributed by atoms with van der Waals surface area (Å²) in [6.45, 7) is 0. The molecule has 1 N–H and O–H groups in total. The van der Waals surface area contributed by atoms with Crippen LogP contribution in [0, 0.1) is 0 Å². The number of halogens is 1. The van der Waals surface area contributed by atoms with Gasteiger partial charge < -0.3 is 14.2 Å². The number of nitrogens with zero attached hydrogens (tertiary/aromatic N) is 1. The first-order valence-electron chi connectivity index (χ1n) is 5.78. The molecule has 5 nitrogen and oxygen atoms in total. The molecule has 2 aromatic heterocycles. The number of anilines is 1. The number of hydrogen-bond acceptors (Lipinski definition) is 4. The van der Waals surface area contributed by atoms with Crippen LogP contribution in [0.4, 0.5) is 5.69 Å². The van der Waals surface area contributed by atoms with Gasteiger partial charge in [-0.25, -0.2) is 4.98 Å². The minimum absolute atomic E-state index is 0.246. The lowest BCUT2D eigenvalue weighted by atomic mass is 10.1. The van der Waals surface area contributed by atoms with Crippen LogP contribution in [0.5, 0.6) is 0 Å². The standard InChI is InChI=1S/C14H9BrN2O3/c15-13-6-5-11(20-13)14(18)17-10-3-1-9(2-4-10)12-7-16-8-19-12/h1-8H,(H,17,18). The zero-order valence-corrected chi connectivity index (χ0v) is 11.8. The van der Waals surface area contributed by atoms with Gasteiger partial charge in [-0.3, -0.25) is 4.79 Å². The Kier molecular flexibility index (Phi) is 3.39. The minimum Gasteiger partial charge on any atom is -0.444 e. The van der Waals surface area contributed by atoms with Crippen molar-refractivity contribution in [3.05, 3.63) is 59.4 Å². The third-order valence-electron chi connectivity index (χ3n) is 2.66. The van der Waals surface area contributed by atoms with Crippen molar-refractivity contribution in [3.8, 4) is 11.3 Å². The fourth-order valence-corrected chi connectivity index (χ4v) is 2.01. The number of carbonyl (C=O) groups is 1. The Balaban J connectivity index is 1.74. The number of oxazole rings is 1. The van der Waals surface area contributed by atoms with Gasteiger partial charge in [0.1, 0.15) is 0 Å². The average molecular weight is 333 g/mol. The lowest BCUT2D eigenvalue weighted by Gasteiger charge is -2.03. The zero-order valence-electron chi connectivity index (χ0n) is 10.2. The van der Waals surface area contributed by atoms with Crippen LogP contribution >= 0.6 is 15.9 Å². The van der Waals surface area contributed by atoms with E-state index >= 15 is 0 Å². The Labute approximate surface area is 122 Å². The lowest BCUT2D eigenvalue weighted by Crippen LogP contribution is -2.10. The van der Waals surface area contributed by atoms with Gasteiger partial charge in [0, 0.05) is 11.3 Å². The van der Waals surface area contributed by atoms with Gasteiger partial charge in [0.05, 0.1) is 6.20 Å². The molecule has 0 atom stereocenters. The number of nitrogens with one attached hydrogen (secondary N) is 1. The number of carbonyl (C=O) groups excluding carboxylic acids is 1. The summed E-state index contributed by atoms with van der Waals surface area (Å²) in [6.07, 6.45) is 3.01. The van der Waals surface area contributed by atoms with Gasteiger partial charge in [0.2, 0.25) is 0 Å². The van der Waals surface area contributed by atoms with E-state index in [0.29, 0.717) is 16.1 Å². The first kappa shape index (κ1) is 12.7. The van der Waals surface area contributed by atoms with Crippen LogP contribution < -0.4 is 5.32 Å². The van der Waals surface area contributed by atoms with Crippen molar-refractivity contribution in [1.29, 1.82) is 0 Å². The van der Waals surface area contributed by atoms with Crippen LogP contribution in [-0.4, -0.2) is 10.9 Å². The molecule has 2 heterocycles. The Morgan fingerprint density at radius 2 is 1.95 bits per heavy atom. The number of hydrogen-bond donors (Lipinski definition) is 1. The molecular weight excluding hydrogens is 324 g/mol.